The van der Waals surface area contributed by atoms with Crippen molar-refractivity contribution in [3.8, 4) is 0 Å². The Labute approximate surface area is 161 Å². The molecular weight excluding hydrogens is 346 g/mol. The van der Waals surface area contributed by atoms with Gasteiger partial charge in [-0.2, -0.15) is 4.99 Å². The van der Waals surface area contributed by atoms with E-state index in [1.165, 1.54) is 5.56 Å². The Hall–Kier alpha value is -1.22. The van der Waals surface area contributed by atoms with Gasteiger partial charge >= 0.3 is 0 Å². The summed E-state index contributed by atoms with van der Waals surface area (Å²) in [4.78, 5) is 4.00. The second kappa shape index (κ2) is 13.9. The molecular formula is C18H31N7S. The Morgan fingerprint density at radius 1 is 0.846 bits per heavy atom. The first-order valence-corrected chi connectivity index (χ1v) is 9.77. The van der Waals surface area contributed by atoms with E-state index in [0.717, 1.165) is 71.0 Å². The molecule has 1 fully saturated rings. The van der Waals surface area contributed by atoms with Crippen LogP contribution in [0.25, 0.3) is 0 Å². The van der Waals surface area contributed by atoms with Crippen molar-refractivity contribution in [3.05, 3.63) is 29.8 Å². The summed E-state index contributed by atoms with van der Waals surface area (Å²) in [6.45, 7) is 8.67. The van der Waals surface area contributed by atoms with E-state index in [4.69, 9.17) is 0 Å². The average molecular weight is 378 g/mol. The predicted octanol–water partition coefficient (Wildman–Crippen LogP) is -0.202. The largest absolute Gasteiger partial charge is 0.314 e. The first kappa shape index (κ1) is 21.1. The summed E-state index contributed by atoms with van der Waals surface area (Å²) in [6.07, 6.45) is 0.937. The molecule has 0 saturated carbocycles. The van der Waals surface area contributed by atoms with E-state index in [1.54, 1.807) is 0 Å². The zero-order valence-electron chi connectivity index (χ0n) is 15.3. The highest BCUT2D eigenvalue weighted by Gasteiger charge is 2.09. The summed E-state index contributed by atoms with van der Waals surface area (Å²) in [7, 11) is 0. The molecule has 0 aromatic heterocycles. The Balaban J connectivity index is 1.82. The molecule has 7 nitrogen and oxygen atoms in total. The molecule has 8 heteroatoms. The Bertz CT molecular complexity index is 515. The van der Waals surface area contributed by atoms with Gasteiger partial charge in [0, 0.05) is 64.9 Å². The van der Waals surface area contributed by atoms with Crippen LogP contribution in [0.2, 0.25) is 0 Å². The van der Waals surface area contributed by atoms with Gasteiger partial charge in [0.2, 0.25) is 0 Å². The molecule has 1 aromatic rings. The van der Waals surface area contributed by atoms with Crippen LogP contribution in [0.15, 0.2) is 29.3 Å². The summed E-state index contributed by atoms with van der Waals surface area (Å²) in [5, 5.41) is 16.2. The lowest BCUT2D eigenvalue weighted by molar-refractivity contribution is 0.400. The quantitative estimate of drug-likeness (QED) is 0.321. The molecule has 1 aliphatic heterocycles. The molecule has 0 amide bonds. The summed E-state index contributed by atoms with van der Waals surface area (Å²) in [5.41, 5.74) is 8.90. The first-order valence-electron chi connectivity index (χ1n) is 9.36. The van der Waals surface area contributed by atoms with E-state index in [0.29, 0.717) is 6.04 Å². The molecule has 0 radical (unpaired) electrons. The Morgan fingerprint density at radius 3 is 2.04 bits per heavy atom. The summed E-state index contributed by atoms with van der Waals surface area (Å²) < 4.78 is 0. The summed E-state index contributed by atoms with van der Waals surface area (Å²) in [5.74, 6) is 0. The topological polar surface area (TPSA) is 84.5 Å². The van der Waals surface area contributed by atoms with E-state index in [1.807, 2.05) is 12.1 Å². The molecule has 0 bridgehead atoms. The molecule has 1 aliphatic rings. The van der Waals surface area contributed by atoms with Crippen molar-refractivity contribution in [1.82, 2.24) is 32.1 Å². The number of benzene rings is 1. The Kier molecular flexibility index (Phi) is 11.3. The van der Waals surface area contributed by atoms with Crippen molar-refractivity contribution in [2.75, 3.05) is 58.9 Å². The maximum Gasteiger partial charge on any atom is 0.0739 e. The van der Waals surface area contributed by atoms with Gasteiger partial charge in [-0.3, -0.25) is 10.9 Å². The molecule has 1 unspecified atom stereocenters. The van der Waals surface area contributed by atoms with Gasteiger partial charge in [-0.15, -0.1) is 0 Å². The van der Waals surface area contributed by atoms with E-state index in [2.05, 4.69) is 66.6 Å². The molecule has 2 rings (SSSR count). The monoisotopic (exact) mass is 377 g/mol. The normalized spacial score (nSPS) is 21.6. The molecule has 6 N–H and O–H groups in total. The highest BCUT2D eigenvalue weighted by Crippen LogP contribution is 2.13. The van der Waals surface area contributed by atoms with Gasteiger partial charge in [0.1, 0.15) is 0 Å². The zero-order chi connectivity index (χ0) is 18.3. The fourth-order valence-corrected chi connectivity index (χ4v) is 2.87. The maximum absolute atomic E-state index is 4.65. The Morgan fingerprint density at radius 2 is 1.42 bits per heavy atom. The summed E-state index contributed by atoms with van der Waals surface area (Å²) >= 11 is 4.65. The number of nitrogens with one attached hydrogen (secondary N) is 6. The summed E-state index contributed by atoms with van der Waals surface area (Å²) in [6, 6.07) is 8.47. The van der Waals surface area contributed by atoms with Crippen LogP contribution in [0, 0.1) is 0 Å². The average Bonchev–Trinajstić information content (AvgIpc) is 2.65. The molecule has 26 heavy (non-hydrogen) atoms. The van der Waals surface area contributed by atoms with Crippen LogP contribution in [0.3, 0.4) is 0 Å². The van der Waals surface area contributed by atoms with Crippen molar-refractivity contribution < 1.29 is 0 Å². The van der Waals surface area contributed by atoms with Crippen LogP contribution in [0.1, 0.15) is 5.56 Å². The van der Waals surface area contributed by atoms with E-state index in [9.17, 15) is 0 Å². The van der Waals surface area contributed by atoms with Gasteiger partial charge in [0.05, 0.1) is 10.8 Å². The molecule has 1 heterocycles. The lowest BCUT2D eigenvalue weighted by atomic mass is 10.1. The highest BCUT2D eigenvalue weighted by atomic mass is 32.1. The fourth-order valence-electron chi connectivity index (χ4n) is 2.77. The van der Waals surface area contributed by atoms with E-state index >= 15 is 0 Å². The molecule has 144 valence electrons. The van der Waals surface area contributed by atoms with Crippen molar-refractivity contribution in [2.24, 2.45) is 4.99 Å². The smallest absolute Gasteiger partial charge is 0.0739 e. The van der Waals surface area contributed by atoms with Gasteiger partial charge in [-0.1, -0.05) is 12.1 Å². The minimum Gasteiger partial charge on any atom is -0.314 e. The lowest BCUT2D eigenvalue weighted by Gasteiger charge is -2.21. The maximum atomic E-state index is 4.65. The van der Waals surface area contributed by atoms with Crippen molar-refractivity contribution in [1.29, 1.82) is 0 Å². The third kappa shape index (κ3) is 9.47. The van der Waals surface area contributed by atoms with Crippen molar-refractivity contribution in [3.63, 3.8) is 0 Å². The van der Waals surface area contributed by atoms with Crippen LogP contribution in [-0.4, -0.2) is 70.1 Å². The number of nitrogens with zero attached hydrogens (tertiary/aromatic N) is 1. The van der Waals surface area contributed by atoms with Gasteiger partial charge in [-0.05, 0) is 36.3 Å². The number of rotatable bonds is 3. The number of isothiocyanates is 1. The van der Waals surface area contributed by atoms with Crippen molar-refractivity contribution >= 4 is 23.1 Å². The van der Waals surface area contributed by atoms with Gasteiger partial charge in [0.25, 0.3) is 0 Å². The second-order valence-electron chi connectivity index (χ2n) is 6.30. The van der Waals surface area contributed by atoms with Crippen LogP contribution in [-0.2, 0) is 6.42 Å². The van der Waals surface area contributed by atoms with Crippen LogP contribution >= 0.6 is 12.2 Å². The van der Waals surface area contributed by atoms with E-state index in [-0.39, 0.29) is 0 Å². The number of aliphatic imine (C=N–C) groups is 1. The van der Waals surface area contributed by atoms with E-state index < -0.39 is 0 Å². The van der Waals surface area contributed by atoms with Gasteiger partial charge in [0.15, 0.2) is 0 Å². The number of hydrogen-bond donors (Lipinski definition) is 6. The molecule has 1 aromatic carbocycles. The fraction of sp³-hybridized carbons (Fsp3) is 0.611. The molecule has 1 atom stereocenters. The third-order valence-electron chi connectivity index (χ3n) is 4.15. The first-order chi connectivity index (χ1) is 12.9. The standard InChI is InChI=1S/C18H31N7S/c26-15-23-17-3-1-16(2-4-17)13-18-14-22-10-9-20-6-5-19-7-8-21-11-12-24-25-18/h1-4,18-22,24-25H,5-14H2. The SMILES string of the molecule is S=C=Nc1ccc(CC2CNCCNCCNCCNCCNN2)cc1. The molecule has 0 aliphatic carbocycles. The van der Waals surface area contributed by atoms with Gasteiger partial charge in [-0.25, -0.2) is 0 Å². The molecule has 0 spiro atoms. The third-order valence-corrected chi connectivity index (χ3v) is 4.24. The van der Waals surface area contributed by atoms with Crippen molar-refractivity contribution in [2.45, 2.75) is 12.5 Å². The van der Waals surface area contributed by atoms with Crippen LogP contribution in [0.4, 0.5) is 5.69 Å². The minimum absolute atomic E-state index is 0.310. The molecule has 1 saturated heterocycles. The second-order valence-corrected chi connectivity index (χ2v) is 6.48. The minimum atomic E-state index is 0.310. The zero-order valence-corrected chi connectivity index (χ0v) is 16.1. The number of hydrogen-bond acceptors (Lipinski definition) is 8. The number of thiocarbonyl (C=S) groups is 1. The lowest BCUT2D eigenvalue weighted by Crippen LogP contribution is -2.50. The highest BCUT2D eigenvalue weighted by molar-refractivity contribution is 7.78. The van der Waals surface area contributed by atoms with Crippen LogP contribution in [0.5, 0.6) is 0 Å². The van der Waals surface area contributed by atoms with Gasteiger partial charge < -0.3 is 21.3 Å². The van der Waals surface area contributed by atoms with Crippen LogP contribution < -0.4 is 32.1 Å². The number of hydrazine groups is 1. The predicted molar refractivity (Wildman–Crippen MR) is 111 cm³/mol.